The molecule has 3 nitrogen and oxygen atoms in total. The molecule has 1 unspecified atom stereocenters. The van der Waals surface area contributed by atoms with Gasteiger partial charge in [0.2, 0.25) is 0 Å². The average Bonchev–Trinajstić information content (AvgIpc) is 2.43. The Bertz CT molecular complexity index is 354. The summed E-state index contributed by atoms with van der Waals surface area (Å²) >= 11 is 7.16. The lowest BCUT2D eigenvalue weighted by Gasteiger charge is -1.86. The Morgan fingerprint density at radius 1 is 1.73 bits per heavy atom. The molecule has 0 saturated heterocycles. The highest BCUT2D eigenvalue weighted by molar-refractivity contribution is 14.2. The minimum atomic E-state index is 0.654. The third-order valence-electron chi connectivity index (χ3n) is 1.14. The maximum absolute atomic E-state index is 4.30. The second-order valence-electron chi connectivity index (χ2n) is 1.82. The molecule has 58 valence electrons. The summed E-state index contributed by atoms with van der Waals surface area (Å²) in [7, 11) is 0. The van der Waals surface area contributed by atoms with E-state index in [4.69, 9.17) is 0 Å². The summed E-state index contributed by atoms with van der Waals surface area (Å²) in [5.41, 5.74) is 0.978. The van der Waals surface area contributed by atoms with Crippen LogP contribution in [0.3, 0.4) is 0 Å². The molecule has 2 rings (SSSR count). The van der Waals surface area contributed by atoms with Gasteiger partial charge in [-0.05, 0) is 38.0 Å². The van der Waals surface area contributed by atoms with Crippen LogP contribution in [0.2, 0.25) is 0 Å². The van der Waals surface area contributed by atoms with Gasteiger partial charge >= 0.3 is 0 Å². The molecule has 0 bridgehead atoms. The van der Waals surface area contributed by atoms with E-state index in [0.717, 1.165) is 14.3 Å². The summed E-state index contributed by atoms with van der Waals surface area (Å²) in [4.78, 5) is 5.24. The molecule has 7 heteroatoms. The van der Waals surface area contributed by atoms with E-state index in [1.165, 1.54) is 0 Å². The second-order valence-corrected chi connectivity index (χ2v) is 6.14. The Kier molecular flexibility index (Phi) is 2.46. The Morgan fingerprint density at radius 3 is 3.18 bits per heavy atom. The number of hydrogen-bond donors (Lipinski definition) is 0. The minimum absolute atomic E-state index is 0.654. The van der Waals surface area contributed by atoms with Crippen LogP contribution in [0.15, 0.2) is 10.1 Å². The van der Waals surface area contributed by atoms with Gasteiger partial charge in [-0.3, -0.25) is 0 Å². The molecular weight excluding hydrogens is 360 g/mol. The first kappa shape index (κ1) is 8.34. The summed E-state index contributed by atoms with van der Waals surface area (Å²) in [5, 5.41) is 4.30. The van der Waals surface area contributed by atoms with Gasteiger partial charge in [0, 0.05) is 0 Å². The first-order chi connectivity index (χ1) is 5.29. The van der Waals surface area contributed by atoms with Crippen molar-refractivity contribution in [3.05, 3.63) is 10.1 Å². The van der Waals surface area contributed by atoms with Crippen molar-refractivity contribution in [3.63, 3.8) is 0 Å². The summed E-state index contributed by atoms with van der Waals surface area (Å²) in [6.45, 7) is 0. The minimum Gasteiger partial charge on any atom is -0.242 e. The first-order valence-electron chi connectivity index (χ1n) is 2.68. The number of halogens is 2. The standard InChI is InChI=1S/C4H2BrIN3PS/c5-4-7-2-1-9(10-6)8-3(2)11-4/h1,10H. The summed E-state index contributed by atoms with van der Waals surface area (Å²) in [6.07, 6.45) is 2.61. The molecule has 0 N–H and O–H groups in total. The number of nitrogens with zero attached hydrogens (tertiary/aromatic N) is 3. The Morgan fingerprint density at radius 2 is 2.55 bits per heavy atom. The molecular formula is C4H2BrIN3PS. The van der Waals surface area contributed by atoms with E-state index in [2.05, 4.69) is 48.1 Å². The van der Waals surface area contributed by atoms with Crippen LogP contribution in [0.4, 0.5) is 0 Å². The molecule has 0 saturated carbocycles. The Balaban J connectivity index is 2.64. The fraction of sp³-hybridized carbons (Fsp3) is 0. The van der Waals surface area contributed by atoms with Gasteiger partial charge in [-0.25, -0.2) is 9.44 Å². The monoisotopic (exact) mass is 361 g/mol. The predicted molar refractivity (Wildman–Crippen MR) is 60.8 cm³/mol. The SMILES string of the molecule is Brc1nc2cn(PI)nc2s1. The molecule has 0 aliphatic heterocycles. The second kappa shape index (κ2) is 3.24. The maximum Gasteiger partial charge on any atom is 0.166 e. The van der Waals surface area contributed by atoms with Gasteiger partial charge in [0.25, 0.3) is 0 Å². The van der Waals surface area contributed by atoms with Crippen molar-refractivity contribution in [3.8, 4) is 0 Å². The van der Waals surface area contributed by atoms with Gasteiger partial charge in [-0.15, -0.1) is 0 Å². The van der Waals surface area contributed by atoms with Crippen molar-refractivity contribution in [2.75, 3.05) is 0 Å². The molecule has 0 aliphatic carbocycles. The average molecular weight is 362 g/mol. The highest BCUT2D eigenvalue weighted by Gasteiger charge is 2.04. The van der Waals surface area contributed by atoms with Gasteiger partial charge < -0.3 is 0 Å². The maximum atomic E-state index is 4.30. The van der Waals surface area contributed by atoms with Crippen molar-refractivity contribution >= 4 is 66.0 Å². The quantitative estimate of drug-likeness (QED) is 0.577. The van der Waals surface area contributed by atoms with Crippen LogP contribution in [0.5, 0.6) is 0 Å². The zero-order chi connectivity index (χ0) is 7.84. The van der Waals surface area contributed by atoms with Crippen LogP contribution in [0.25, 0.3) is 10.3 Å². The third-order valence-corrected chi connectivity index (χ3v) is 4.43. The van der Waals surface area contributed by atoms with E-state index in [9.17, 15) is 0 Å². The van der Waals surface area contributed by atoms with E-state index in [0.29, 0.717) is 6.37 Å². The topological polar surface area (TPSA) is 30.7 Å². The van der Waals surface area contributed by atoms with Gasteiger partial charge in [-0.2, -0.15) is 5.10 Å². The number of thiazole rings is 1. The lowest BCUT2D eigenvalue weighted by atomic mass is 10.7. The summed E-state index contributed by atoms with van der Waals surface area (Å²) < 4.78 is 2.81. The zero-order valence-corrected chi connectivity index (χ0v) is 10.6. The highest BCUT2D eigenvalue weighted by atomic mass is 127. The fourth-order valence-electron chi connectivity index (χ4n) is 0.739. The molecule has 0 fully saturated rings. The van der Waals surface area contributed by atoms with Crippen LogP contribution in [0.1, 0.15) is 0 Å². The van der Waals surface area contributed by atoms with E-state index in [1.807, 2.05) is 10.6 Å². The molecule has 2 heterocycles. The Labute approximate surface area is 90.0 Å². The van der Waals surface area contributed by atoms with Gasteiger partial charge in [-0.1, -0.05) is 11.3 Å². The van der Waals surface area contributed by atoms with Crippen molar-refractivity contribution in [2.45, 2.75) is 0 Å². The van der Waals surface area contributed by atoms with Gasteiger partial charge in [0.05, 0.1) is 12.6 Å². The molecule has 11 heavy (non-hydrogen) atoms. The van der Waals surface area contributed by atoms with Crippen LogP contribution in [0, 0.1) is 0 Å². The van der Waals surface area contributed by atoms with Crippen LogP contribution >= 0.6 is 55.7 Å². The molecule has 0 radical (unpaired) electrons. The summed E-state index contributed by atoms with van der Waals surface area (Å²) in [6, 6.07) is 0. The van der Waals surface area contributed by atoms with Gasteiger partial charge in [0.1, 0.15) is 5.52 Å². The number of rotatable bonds is 1. The molecule has 0 aliphatic rings. The molecule has 2 aromatic heterocycles. The molecule has 1 atom stereocenters. The first-order valence-corrected chi connectivity index (χ1v) is 8.35. The van der Waals surface area contributed by atoms with Crippen molar-refractivity contribution < 1.29 is 0 Å². The largest absolute Gasteiger partial charge is 0.242 e. The van der Waals surface area contributed by atoms with Gasteiger partial charge in [0.15, 0.2) is 8.75 Å². The smallest absolute Gasteiger partial charge is 0.166 e. The van der Waals surface area contributed by atoms with E-state index < -0.39 is 0 Å². The Hall–Kier alpha value is 0.740. The fourth-order valence-corrected chi connectivity index (χ4v) is 3.15. The van der Waals surface area contributed by atoms with Crippen molar-refractivity contribution in [2.24, 2.45) is 0 Å². The number of fused-ring (bicyclic) bond motifs is 1. The normalized spacial score (nSPS) is 12.2. The van der Waals surface area contributed by atoms with Crippen LogP contribution < -0.4 is 0 Å². The number of hydrogen-bond acceptors (Lipinski definition) is 3. The van der Waals surface area contributed by atoms with Crippen molar-refractivity contribution in [1.82, 2.24) is 14.5 Å². The van der Waals surface area contributed by atoms with E-state index in [1.54, 1.807) is 11.3 Å². The van der Waals surface area contributed by atoms with Crippen LogP contribution in [-0.4, -0.2) is 14.5 Å². The molecule has 0 aromatic carbocycles. The lowest BCUT2D eigenvalue weighted by molar-refractivity contribution is 1.04. The van der Waals surface area contributed by atoms with Crippen LogP contribution in [-0.2, 0) is 0 Å². The van der Waals surface area contributed by atoms with E-state index in [-0.39, 0.29) is 0 Å². The van der Waals surface area contributed by atoms with Crippen molar-refractivity contribution in [1.29, 1.82) is 0 Å². The van der Waals surface area contributed by atoms with E-state index >= 15 is 0 Å². The third kappa shape index (κ3) is 1.59. The lowest BCUT2D eigenvalue weighted by Crippen LogP contribution is -1.76. The molecule has 0 amide bonds. The number of aromatic nitrogens is 3. The predicted octanol–water partition coefficient (Wildman–Crippen LogP) is 3.05. The zero-order valence-electron chi connectivity index (χ0n) is 5.08. The molecule has 2 aromatic rings. The summed E-state index contributed by atoms with van der Waals surface area (Å²) in [5.74, 6) is 0. The molecule has 0 spiro atoms. The highest BCUT2D eigenvalue weighted by Crippen LogP contribution is 2.29.